The van der Waals surface area contributed by atoms with Crippen molar-refractivity contribution in [1.82, 2.24) is 0 Å². The second-order valence-electron chi connectivity index (χ2n) is 4.02. The van der Waals surface area contributed by atoms with Crippen LogP contribution in [-0.2, 0) is 0 Å². The molecule has 2 aromatic carbocycles. The smallest absolute Gasteiger partial charge is 0.118 e. The van der Waals surface area contributed by atoms with Crippen LogP contribution in [-0.4, -0.2) is 12.9 Å². The second-order valence-corrected chi connectivity index (χ2v) is 5.40. The van der Waals surface area contributed by atoms with E-state index >= 15 is 0 Å². The lowest BCUT2D eigenvalue weighted by molar-refractivity contribution is 0.414. The van der Waals surface area contributed by atoms with E-state index in [0.29, 0.717) is 5.25 Å². The summed E-state index contributed by atoms with van der Waals surface area (Å²) in [6.45, 7) is 2.20. The van der Waals surface area contributed by atoms with Crippen molar-refractivity contribution in [3.63, 3.8) is 0 Å². The molecule has 94 valence electrons. The Hall–Kier alpha value is -1.41. The van der Waals surface area contributed by atoms with E-state index < -0.39 is 0 Å². The van der Waals surface area contributed by atoms with Crippen LogP contribution in [0.1, 0.15) is 23.3 Å². The van der Waals surface area contributed by atoms with Gasteiger partial charge in [-0.2, -0.15) is 0 Å². The Morgan fingerprint density at radius 1 is 0.944 bits per heavy atom. The molecule has 0 aliphatic carbocycles. The van der Waals surface area contributed by atoms with Crippen molar-refractivity contribution in [3.05, 3.63) is 65.7 Å². The number of thioether (sulfide) groups is 1. The zero-order valence-corrected chi connectivity index (χ0v) is 11.6. The molecule has 2 aromatic rings. The van der Waals surface area contributed by atoms with Gasteiger partial charge in [-0.1, -0.05) is 49.4 Å². The summed E-state index contributed by atoms with van der Waals surface area (Å²) in [6.07, 6.45) is 0. The highest BCUT2D eigenvalue weighted by Gasteiger charge is 2.13. The summed E-state index contributed by atoms with van der Waals surface area (Å²) in [7, 11) is 1.70. The minimum atomic E-state index is 0.405. The number of rotatable bonds is 5. The zero-order chi connectivity index (χ0) is 12.8. The summed E-state index contributed by atoms with van der Waals surface area (Å²) in [6, 6.07) is 19.0. The van der Waals surface area contributed by atoms with Crippen LogP contribution in [0.25, 0.3) is 0 Å². The summed E-state index contributed by atoms with van der Waals surface area (Å²) in [5.74, 6) is 2.01. The number of hydrogen-bond acceptors (Lipinski definition) is 2. The van der Waals surface area contributed by atoms with Gasteiger partial charge in [0.05, 0.1) is 12.4 Å². The highest BCUT2D eigenvalue weighted by atomic mass is 32.2. The van der Waals surface area contributed by atoms with Gasteiger partial charge in [0.25, 0.3) is 0 Å². The van der Waals surface area contributed by atoms with Gasteiger partial charge in [0.15, 0.2) is 0 Å². The molecule has 0 aliphatic rings. The predicted molar refractivity (Wildman–Crippen MR) is 79.4 cm³/mol. The van der Waals surface area contributed by atoms with Crippen LogP contribution >= 0.6 is 11.8 Å². The fraction of sp³-hybridized carbons (Fsp3) is 0.250. The van der Waals surface area contributed by atoms with Crippen LogP contribution in [0.5, 0.6) is 5.75 Å². The van der Waals surface area contributed by atoms with Gasteiger partial charge in [-0.15, -0.1) is 11.8 Å². The van der Waals surface area contributed by atoms with Gasteiger partial charge in [0, 0.05) is 0 Å². The lowest BCUT2D eigenvalue weighted by Gasteiger charge is -2.17. The summed E-state index contributed by atoms with van der Waals surface area (Å²) in [5, 5.41) is 0.405. The van der Waals surface area contributed by atoms with Crippen molar-refractivity contribution in [2.45, 2.75) is 12.2 Å². The van der Waals surface area contributed by atoms with Gasteiger partial charge in [0.1, 0.15) is 5.75 Å². The van der Waals surface area contributed by atoms with Gasteiger partial charge in [-0.05, 0) is 29.0 Å². The Bertz CT molecular complexity index is 464. The molecule has 0 saturated heterocycles. The molecule has 1 unspecified atom stereocenters. The first-order valence-corrected chi connectivity index (χ1v) is 7.20. The first-order chi connectivity index (χ1) is 8.85. The Labute approximate surface area is 113 Å². The topological polar surface area (TPSA) is 9.23 Å². The number of benzene rings is 2. The van der Waals surface area contributed by atoms with Crippen LogP contribution in [0.15, 0.2) is 54.6 Å². The minimum Gasteiger partial charge on any atom is -0.497 e. The van der Waals surface area contributed by atoms with Crippen LogP contribution < -0.4 is 4.74 Å². The molecule has 0 spiro atoms. The van der Waals surface area contributed by atoms with E-state index in [4.69, 9.17) is 4.74 Å². The Balaban J connectivity index is 2.29. The average molecular weight is 258 g/mol. The standard InChI is InChI=1S/C16H18OS/c1-3-18-16(13-7-5-4-6-8-13)14-9-11-15(17-2)12-10-14/h4-12,16H,3H2,1-2H3. The molecule has 0 aromatic heterocycles. The molecule has 0 heterocycles. The third-order valence-electron chi connectivity index (χ3n) is 2.85. The number of ether oxygens (including phenoxy) is 1. The Kier molecular flexibility index (Phi) is 4.71. The van der Waals surface area contributed by atoms with Crippen LogP contribution in [0, 0.1) is 0 Å². The lowest BCUT2D eigenvalue weighted by Crippen LogP contribution is -1.97. The van der Waals surface area contributed by atoms with Gasteiger partial charge in [0.2, 0.25) is 0 Å². The van der Waals surface area contributed by atoms with Gasteiger partial charge < -0.3 is 4.74 Å². The van der Waals surface area contributed by atoms with Crippen molar-refractivity contribution in [2.75, 3.05) is 12.9 Å². The molecular weight excluding hydrogens is 240 g/mol. The first-order valence-electron chi connectivity index (χ1n) is 6.15. The van der Waals surface area contributed by atoms with E-state index in [1.807, 2.05) is 23.9 Å². The van der Waals surface area contributed by atoms with E-state index in [0.717, 1.165) is 11.5 Å². The summed E-state index contributed by atoms with van der Waals surface area (Å²) >= 11 is 1.96. The van der Waals surface area contributed by atoms with E-state index in [1.165, 1.54) is 11.1 Å². The molecule has 1 atom stereocenters. The molecule has 0 aliphatic heterocycles. The predicted octanol–water partition coefficient (Wildman–Crippen LogP) is 4.54. The number of hydrogen-bond donors (Lipinski definition) is 0. The monoisotopic (exact) mass is 258 g/mol. The lowest BCUT2D eigenvalue weighted by atomic mass is 10.0. The molecule has 0 bridgehead atoms. The minimum absolute atomic E-state index is 0.405. The zero-order valence-electron chi connectivity index (χ0n) is 10.8. The fourth-order valence-electron chi connectivity index (χ4n) is 1.96. The molecule has 18 heavy (non-hydrogen) atoms. The highest BCUT2D eigenvalue weighted by molar-refractivity contribution is 7.99. The van der Waals surface area contributed by atoms with E-state index in [9.17, 15) is 0 Å². The average Bonchev–Trinajstić information content (AvgIpc) is 2.46. The SMILES string of the molecule is CCSC(c1ccccc1)c1ccc(OC)cc1. The van der Waals surface area contributed by atoms with Gasteiger partial charge in [-0.25, -0.2) is 0 Å². The molecule has 0 N–H and O–H groups in total. The Morgan fingerprint density at radius 2 is 1.56 bits per heavy atom. The van der Waals surface area contributed by atoms with Crippen molar-refractivity contribution in [1.29, 1.82) is 0 Å². The van der Waals surface area contributed by atoms with E-state index in [1.54, 1.807) is 7.11 Å². The Morgan fingerprint density at radius 3 is 2.11 bits per heavy atom. The van der Waals surface area contributed by atoms with Gasteiger partial charge in [-0.3, -0.25) is 0 Å². The molecule has 2 rings (SSSR count). The van der Waals surface area contributed by atoms with Crippen molar-refractivity contribution < 1.29 is 4.74 Å². The van der Waals surface area contributed by atoms with E-state index in [-0.39, 0.29) is 0 Å². The molecular formula is C16H18OS. The van der Waals surface area contributed by atoms with Gasteiger partial charge >= 0.3 is 0 Å². The third kappa shape index (κ3) is 3.08. The summed E-state index contributed by atoms with van der Waals surface area (Å²) in [5.41, 5.74) is 2.68. The highest BCUT2D eigenvalue weighted by Crippen LogP contribution is 2.35. The van der Waals surface area contributed by atoms with Crippen LogP contribution in [0.2, 0.25) is 0 Å². The molecule has 2 heteroatoms. The fourth-order valence-corrected chi connectivity index (χ4v) is 2.99. The molecule has 0 fully saturated rings. The first kappa shape index (κ1) is 13.0. The quantitative estimate of drug-likeness (QED) is 0.778. The maximum atomic E-state index is 5.21. The normalized spacial score (nSPS) is 12.1. The van der Waals surface area contributed by atoms with Crippen molar-refractivity contribution >= 4 is 11.8 Å². The molecule has 0 amide bonds. The van der Waals surface area contributed by atoms with Crippen LogP contribution in [0.3, 0.4) is 0 Å². The molecule has 1 nitrogen and oxygen atoms in total. The maximum absolute atomic E-state index is 5.21. The number of methoxy groups -OCH3 is 1. The molecule has 0 saturated carbocycles. The van der Waals surface area contributed by atoms with Crippen molar-refractivity contribution in [2.24, 2.45) is 0 Å². The summed E-state index contributed by atoms with van der Waals surface area (Å²) < 4.78 is 5.21. The summed E-state index contributed by atoms with van der Waals surface area (Å²) in [4.78, 5) is 0. The van der Waals surface area contributed by atoms with Crippen molar-refractivity contribution in [3.8, 4) is 5.75 Å². The van der Waals surface area contributed by atoms with Crippen LogP contribution in [0.4, 0.5) is 0 Å². The van der Waals surface area contributed by atoms with E-state index in [2.05, 4.69) is 49.4 Å². The maximum Gasteiger partial charge on any atom is 0.118 e. The third-order valence-corrected chi connectivity index (χ3v) is 4.07. The second kappa shape index (κ2) is 6.50. The largest absolute Gasteiger partial charge is 0.497 e. The molecule has 0 radical (unpaired) electrons.